The van der Waals surface area contributed by atoms with Crippen LogP contribution in [0, 0.1) is 0 Å². The van der Waals surface area contributed by atoms with Crippen molar-refractivity contribution in [3.63, 3.8) is 0 Å². The van der Waals surface area contributed by atoms with Gasteiger partial charge >= 0.3 is 0 Å². The first-order valence-corrected chi connectivity index (χ1v) is 12.9. The highest BCUT2D eigenvalue weighted by molar-refractivity contribution is 5.88. The van der Waals surface area contributed by atoms with Crippen molar-refractivity contribution in [1.82, 2.24) is 10.2 Å². The molecule has 0 saturated heterocycles. The lowest BCUT2D eigenvalue weighted by Crippen LogP contribution is -2.13. The third-order valence-corrected chi connectivity index (χ3v) is 6.64. The Morgan fingerprint density at radius 2 is 0.976 bits per heavy atom. The Morgan fingerprint density at radius 1 is 0.524 bits per heavy atom. The average molecular weight is 570 g/mol. The minimum Gasteiger partial charge on any atom is -0.493 e. The monoisotopic (exact) mass is 569 g/mol. The van der Waals surface area contributed by atoms with E-state index in [0.717, 1.165) is 11.3 Å². The van der Waals surface area contributed by atoms with E-state index in [2.05, 4.69) is 10.2 Å². The van der Waals surface area contributed by atoms with Crippen LogP contribution in [0.4, 0.5) is 17.1 Å². The average Bonchev–Trinajstić information content (AvgIpc) is 3.54. The van der Waals surface area contributed by atoms with Crippen LogP contribution in [0.1, 0.15) is 0 Å². The van der Waals surface area contributed by atoms with E-state index in [1.807, 2.05) is 83.8 Å². The van der Waals surface area contributed by atoms with Crippen LogP contribution in [0.2, 0.25) is 0 Å². The number of ether oxygens (including phenoxy) is 6. The zero-order valence-corrected chi connectivity index (χ0v) is 24.2. The Labute approximate surface area is 243 Å². The highest BCUT2D eigenvalue weighted by Gasteiger charge is 2.26. The van der Waals surface area contributed by atoms with Gasteiger partial charge in [0.15, 0.2) is 23.0 Å². The number of aromatic nitrogens is 2. The molecule has 216 valence electrons. The van der Waals surface area contributed by atoms with Gasteiger partial charge in [-0.15, -0.1) is 10.2 Å². The fraction of sp³-hybridized carbons (Fsp3) is 0.188. The lowest BCUT2D eigenvalue weighted by molar-refractivity contribution is 0.324. The molecule has 0 atom stereocenters. The number of anilines is 3. The van der Waals surface area contributed by atoms with Crippen molar-refractivity contribution in [3.8, 4) is 57.4 Å². The fourth-order valence-corrected chi connectivity index (χ4v) is 4.70. The van der Waals surface area contributed by atoms with Crippen LogP contribution in [0.5, 0.6) is 34.5 Å². The normalized spacial score (nSPS) is 10.6. The van der Waals surface area contributed by atoms with Crippen LogP contribution in [0.25, 0.3) is 22.9 Å². The molecule has 10 nitrogen and oxygen atoms in total. The van der Waals surface area contributed by atoms with Crippen LogP contribution in [0.15, 0.2) is 83.3 Å². The van der Waals surface area contributed by atoms with E-state index in [1.54, 1.807) is 42.7 Å². The molecule has 0 amide bonds. The van der Waals surface area contributed by atoms with Crippen molar-refractivity contribution in [1.29, 1.82) is 0 Å². The smallest absolute Gasteiger partial charge is 0.250 e. The van der Waals surface area contributed by atoms with Gasteiger partial charge in [0.1, 0.15) is 0 Å². The molecule has 5 rings (SSSR count). The summed E-state index contributed by atoms with van der Waals surface area (Å²) in [6.07, 6.45) is 0. The summed E-state index contributed by atoms with van der Waals surface area (Å²) in [6, 6.07) is 24.7. The van der Waals surface area contributed by atoms with Gasteiger partial charge in [0.05, 0.1) is 65.3 Å². The summed E-state index contributed by atoms with van der Waals surface area (Å²) in [5.74, 6) is 3.59. The predicted octanol–water partition coefficient (Wildman–Crippen LogP) is 6.93. The maximum absolute atomic E-state index is 6.18. The van der Waals surface area contributed by atoms with Crippen molar-refractivity contribution < 1.29 is 32.8 Å². The van der Waals surface area contributed by atoms with Crippen LogP contribution in [-0.2, 0) is 0 Å². The molecule has 0 aliphatic carbocycles. The van der Waals surface area contributed by atoms with Crippen molar-refractivity contribution in [2.45, 2.75) is 0 Å². The minimum atomic E-state index is 0.342. The first-order valence-electron chi connectivity index (χ1n) is 12.9. The molecule has 0 aliphatic rings. The summed E-state index contributed by atoms with van der Waals surface area (Å²) in [7, 11) is 9.41. The lowest BCUT2D eigenvalue weighted by atomic mass is 10.1. The molecule has 0 saturated carbocycles. The van der Waals surface area contributed by atoms with Crippen molar-refractivity contribution in [3.05, 3.63) is 78.9 Å². The van der Waals surface area contributed by atoms with E-state index in [4.69, 9.17) is 32.8 Å². The van der Waals surface area contributed by atoms with Gasteiger partial charge in [-0.05, 0) is 24.3 Å². The lowest BCUT2D eigenvalue weighted by Gasteiger charge is -2.29. The molecular weight excluding hydrogens is 538 g/mol. The summed E-state index contributed by atoms with van der Waals surface area (Å²) >= 11 is 0. The van der Waals surface area contributed by atoms with Crippen molar-refractivity contribution >= 4 is 17.1 Å². The first kappa shape index (κ1) is 28.2. The largest absolute Gasteiger partial charge is 0.493 e. The second kappa shape index (κ2) is 12.4. The molecule has 4 aromatic carbocycles. The summed E-state index contributed by atoms with van der Waals surface area (Å²) in [5.41, 5.74) is 3.61. The summed E-state index contributed by atoms with van der Waals surface area (Å²) in [4.78, 5) is 1.98. The van der Waals surface area contributed by atoms with Crippen molar-refractivity contribution in [2.24, 2.45) is 0 Å². The Kier molecular flexibility index (Phi) is 8.33. The third-order valence-electron chi connectivity index (χ3n) is 6.64. The summed E-state index contributed by atoms with van der Waals surface area (Å²) in [6.45, 7) is 0. The van der Waals surface area contributed by atoms with E-state index in [9.17, 15) is 0 Å². The quantitative estimate of drug-likeness (QED) is 0.167. The van der Waals surface area contributed by atoms with Crippen LogP contribution in [0.3, 0.4) is 0 Å². The molecule has 1 aromatic heterocycles. The maximum atomic E-state index is 6.18. The number of hydrogen-bond donors (Lipinski definition) is 0. The molecule has 0 bridgehead atoms. The van der Waals surface area contributed by atoms with E-state index in [0.29, 0.717) is 63.2 Å². The second-order valence-electron chi connectivity index (χ2n) is 8.90. The standard InChI is InChI=1S/C32H31N3O7/c1-36-25-16-21(17-26(37-2)29(25)40-5)35(22-18-27(38-3)30(41-6)28(19-22)39-4)24-15-11-10-14-23(24)32-34-33-31(42-32)20-12-8-7-9-13-20/h7-19H,1-6H3. The molecule has 10 heteroatoms. The topological polar surface area (TPSA) is 97.5 Å². The van der Waals surface area contributed by atoms with Gasteiger partial charge in [0.2, 0.25) is 23.3 Å². The zero-order chi connectivity index (χ0) is 29.6. The molecule has 1 heterocycles. The number of methoxy groups -OCH3 is 6. The fourth-order valence-electron chi connectivity index (χ4n) is 4.70. The van der Waals surface area contributed by atoms with Crippen LogP contribution in [-0.4, -0.2) is 52.9 Å². The zero-order valence-electron chi connectivity index (χ0n) is 24.2. The summed E-state index contributed by atoms with van der Waals surface area (Å²) in [5, 5.41) is 8.72. The Balaban J connectivity index is 1.77. The van der Waals surface area contributed by atoms with E-state index in [-0.39, 0.29) is 0 Å². The molecule has 0 radical (unpaired) electrons. The van der Waals surface area contributed by atoms with Gasteiger partial charge in [-0.3, -0.25) is 0 Å². The maximum Gasteiger partial charge on any atom is 0.250 e. The number of hydrogen-bond acceptors (Lipinski definition) is 10. The molecule has 42 heavy (non-hydrogen) atoms. The molecule has 0 unspecified atom stereocenters. The van der Waals surface area contributed by atoms with Crippen molar-refractivity contribution in [2.75, 3.05) is 47.6 Å². The van der Waals surface area contributed by atoms with E-state index >= 15 is 0 Å². The summed E-state index contributed by atoms with van der Waals surface area (Å²) < 4.78 is 40.1. The Morgan fingerprint density at radius 3 is 1.45 bits per heavy atom. The van der Waals surface area contributed by atoms with Gasteiger partial charge in [-0.25, -0.2) is 0 Å². The minimum absolute atomic E-state index is 0.342. The highest BCUT2D eigenvalue weighted by atomic mass is 16.5. The van der Waals surface area contributed by atoms with E-state index in [1.165, 1.54) is 0 Å². The first-order chi connectivity index (χ1) is 20.6. The van der Waals surface area contributed by atoms with Gasteiger partial charge in [0.25, 0.3) is 0 Å². The SMILES string of the molecule is COc1cc(N(c2cc(OC)c(OC)c(OC)c2)c2ccccc2-c2nnc(-c3ccccc3)o2)cc(OC)c1OC. The number of benzene rings is 4. The van der Waals surface area contributed by atoms with Crippen LogP contribution < -0.4 is 33.3 Å². The number of nitrogens with zero attached hydrogens (tertiary/aromatic N) is 3. The predicted molar refractivity (Wildman–Crippen MR) is 159 cm³/mol. The van der Waals surface area contributed by atoms with Gasteiger partial charge < -0.3 is 37.7 Å². The Bertz CT molecular complexity index is 1560. The molecule has 0 aliphatic heterocycles. The molecule has 0 N–H and O–H groups in total. The Hall–Kier alpha value is -5.38. The third kappa shape index (κ3) is 5.22. The second-order valence-corrected chi connectivity index (χ2v) is 8.90. The number of rotatable bonds is 11. The van der Waals surface area contributed by atoms with E-state index < -0.39 is 0 Å². The van der Waals surface area contributed by atoms with Crippen LogP contribution >= 0.6 is 0 Å². The van der Waals surface area contributed by atoms with Gasteiger partial charge in [0, 0.05) is 29.8 Å². The molecular formula is C32H31N3O7. The number of para-hydroxylation sites is 1. The van der Waals surface area contributed by atoms with Gasteiger partial charge in [-0.2, -0.15) is 0 Å². The van der Waals surface area contributed by atoms with Gasteiger partial charge in [-0.1, -0.05) is 30.3 Å². The highest BCUT2D eigenvalue weighted by Crippen LogP contribution is 2.50. The molecule has 0 spiro atoms. The molecule has 0 fully saturated rings. The molecule has 5 aromatic rings.